The summed E-state index contributed by atoms with van der Waals surface area (Å²) in [5, 5.41) is 7.80. The lowest BCUT2D eigenvalue weighted by Gasteiger charge is -2.00. The normalized spacial score (nSPS) is 10.7. The second kappa shape index (κ2) is 6.70. The molecule has 0 atom stereocenters. The Hall–Kier alpha value is -2.54. The fourth-order valence-electron chi connectivity index (χ4n) is 2.11. The lowest BCUT2D eigenvalue weighted by molar-refractivity contribution is 0.0950. The highest BCUT2D eigenvalue weighted by Gasteiger charge is 2.15. The van der Waals surface area contributed by atoms with E-state index in [9.17, 15) is 4.79 Å². The summed E-state index contributed by atoms with van der Waals surface area (Å²) in [6.45, 7) is 4.15. The van der Waals surface area contributed by atoms with E-state index in [0.717, 1.165) is 22.7 Å². The Bertz CT molecular complexity index is 811. The molecule has 6 nitrogen and oxygen atoms in total. The number of carbonyl (C=O) groups is 1. The van der Waals surface area contributed by atoms with Crippen LogP contribution in [-0.2, 0) is 13.0 Å². The molecule has 0 aromatic carbocycles. The first kappa shape index (κ1) is 15.4. The van der Waals surface area contributed by atoms with Gasteiger partial charge < -0.3 is 9.84 Å². The summed E-state index contributed by atoms with van der Waals surface area (Å²) in [5.41, 5.74) is 2.34. The Morgan fingerprint density at radius 3 is 3.00 bits per heavy atom. The van der Waals surface area contributed by atoms with Crippen LogP contribution < -0.4 is 5.32 Å². The zero-order valence-corrected chi connectivity index (χ0v) is 13.7. The summed E-state index contributed by atoms with van der Waals surface area (Å²) in [6.07, 6.45) is 4.25. The van der Waals surface area contributed by atoms with Crippen LogP contribution in [0.1, 0.15) is 33.1 Å². The van der Waals surface area contributed by atoms with Gasteiger partial charge in [0.2, 0.25) is 0 Å². The van der Waals surface area contributed by atoms with E-state index in [4.69, 9.17) is 4.52 Å². The molecule has 0 saturated heterocycles. The fourth-order valence-corrected chi connectivity index (χ4v) is 3.03. The average Bonchev–Trinajstić information content (AvgIpc) is 3.20. The van der Waals surface area contributed by atoms with Gasteiger partial charge in [0.05, 0.1) is 17.2 Å². The minimum absolute atomic E-state index is 0.140. The van der Waals surface area contributed by atoms with Gasteiger partial charge in [0, 0.05) is 24.0 Å². The molecule has 0 fully saturated rings. The van der Waals surface area contributed by atoms with Crippen LogP contribution in [0.25, 0.3) is 11.3 Å². The maximum atomic E-state index is 12.2. The monoisotopic (exact) mass is 328 g/mol. The van der Waals surface area contributed by atoms with Crippen molar-refractivity contribution in [1.29, 1.82) is 0 Å². The Kier molecular flexibility index (Phi) is 4.47. The SMILES string of the molecule is CCc1nc(C)c(C(=O)NCc2cc(-c3cccnc3)no2)s1. The Morgan fingerprint density at radius 1 is 1.43 bits per heavy atom. The van der Waals surface area contributed by atoms with E-state index in [-0.39, 0.29) is 12.5 Å². The smallest absolute Gasteiger partial charge is 0.263 e. The van der Waals surface area contributed by atoms with Crippen molar-refractivity contribution in [1.82, 2.24) is 20.4 Å². The molecule has 0 saturated carbocycles. The van der Waals surface area contributed by atoms with Gasteiger partial charge in [0.25, 0.3) is 5.91 Å². The molecule has 3 rings (SSSR count). The lowest BCUT2D eigenvalue weighted by Crippen LogP contribution is -2.22. The number of hydrogen-bond acceptors (Lipinski definition) is 6. The van der Waals surface area contributed by atoms with Crippen LogP contribution in [0.2, 0.25) is 0 Å². The molecule has 0 aliphatic rings. The second-order valence-corrected chi connectivity index (χ2v) is 6.06. The van der Waals surface area contributed by atoms with E-state index in [0.29, 0.717) is 16.3 Å². The van der Waals surface area contributed by atoms with Crippen molar-refractivity contribution in [3.05, 3.63) is 51.9 Å². The molecule has 1 amide bonds. The van der Waals surface area contributed by atoms with Crippen molar-refractivity contribution < 1.29 is 9.32 Å². The zero-order chi connectivity index (χ0) is 16.2. The van der Waals surface area contributed by atoms with E-state index < -0.39 is 0 Å². The molecule has 3 aromatic heterocycles. The van der Waals surface area contributed by atoms with Crippen LogP contribution >= 0.6 is 11.3 Å². The van der Waals surface area contributed by atoms with Gasteiger partial charge in [-0.2, -0.15) is 0 Å². The molecular weight excluding hydrogens is 312 g/mol. The number of aryl methyl sites for hydroxylation is 2. The van der Waals surface area contributed by atoms with Gasteiger partial charge in [-0.3, -0.25) is 9.78 Å². The number of thiazole rings is 1. The molecule has 0 spiro atoms. The molecule has 3 aromatic rings. The molecule has 0 radical (unpaired) electrons. The maximum Gasteiger partial charge on any atom is 0.263 e. The Balaban J connectivity index is 1.65. The molecule has 0 bridgehead atoms. The van der Waals surface area contributed by atoms with E-state index in [1.54, 1.807) is 18.5 Å². The second-order valence-electron chi connectivity index (χ2n) is 4.98. The third kappa shape index (κ3) is 3.45. The van der Waals surface area contributed by atoms with Gasteiger partial charge in [-0.15, -0.1) is 11.3 Å². The average molecular weight is 328 g/mol. The fraction of sp³-hybridized carbons (Fsp3) is 0.250. The summed E-state index contributed by atoms with van der Waals surface area (Å²) in [7, 11) is 0. The summed E-state index contributed by atoms with van der Waals surface area (Å²) < 4.78 is 5.26. The molecule has 0 unspecified atom stereocenters. The quantitative estimate of drug-likeness (QED) is 0.778. The van der Waals surface area contributed by atoms with E-state index in [1.807, 2.05) is 26.0 Å². The number of nitrogens with one attached hydrogen (secondary N) is 1. The predicted octanol–water partition coefficient (Wildman–Crippen LogP) is 2.99. The summed E-state index contributed by atoms with van der Waals surface area (Å²) in [6, 6.07) is 5.54. The minimum atomic E-state index is -0.140. The third-order valence-electron chi connectivity index (χ3n) is 3.29. The van der Waals surface area contributed by atoms with Crippen LogP contribution in [0.15, 0.2) is 35.1 Å². The van der Waals surface area contributed by atoms with Crippen molar-refractivity contribution in [2.75, 3.05) is 0 Å². The van der Waals surface area contributed by atoms with Gasteiger partial charge in [-0.25, -0.2) is 4.98 Å². The first-order chi connectivity index (χ1) is 11.2. The van der Waals surface area contributed by atoms with Crippen LogP contribution in [0, 0.1) is 6.92 Å². The topological polar surface area (TPSA) is 80.9 Å². The summed E-state index contributed by atoms with van der Waals surface area (Å²) in [4.78, 5) is 21.3. The highest BCUT2D eigenvalue weighted by molar-refractivity contribution is 7.13. The number of nitrogens with zero attached hydrogens (tertiary/aromatic N) is 3. The molecule has 3 heterocycles. The molecule has 23 heavy (non-hydrogen) atoms. The van der Waals surface area contributed by atoms with E-state index in [1.165, 1.54) is 11.3 Å². The molecule has 0 aliphatic heterocycles. The number of carbonyl (C=O) groups excluding carboxylic acids is 1. The van der Waals surface area contributed by atoms with Crippen molar-refractivity contribution in [2.24, 2.45) is 0 Å². The highest BCUT2D eigenvalue weighted by Crippen LogP contribution is 2.20. The number of hydrogen-bond donors (Lipinski definition) is 1. The summed E-state index contributed by atoms with van der Waals surface area (Å²) >= 11 is 1.43. The van der Waals surface area contributed by atoms with Crippen molar-refractivity contribution in [2.45, 2.75) is 26.8 Å². The first-order valence-electron chi connectivity index (χ1n) is 7.28. The number of aromatic nitrogens is 3. The highest BCUT2D eigenvalue weighted by atomic mass is 32.1. The van der Waals surface area contributed by atoms with Crippen LogP contribution in [0.5, 0.6) is 0 Å². The molecule has 0 aliphatic carbocycles. The van der Waals surface area contributed by atoms with Crippen molar-refractivity contribution in [3.8, 4) is 11.3 Å². The molecule has 7 heteroatoms. The Labute approximate surface area is 137 Å². The molecule has 118 valence electrons. The van der Waals surface area contributed by atoms with Gasteiger partial charge in [-0.05, 0) is 25.5 Å². The van der Waals surface area contributed by atoms with Crippen molar-refractivity contribution >= 4 is 17.2 Å². The number of rotatable bonds is 5. The van der Waals surface area contributed by atoms with E-state index in [2.05, 4.69) is 20.4 Å². The zero-order valence-electron chi connectivity index (χ0n) is 12.9. The minimum Gasteiger partial charge on any atom is -0.359 e. The molecule has 1 N–H and O–H groups in total. The van der Waals surface area contributed by atoms with Gasteiger partial charge in [0.15, 0.2) is 5.76 Å². The van der Waals surface area contributed by atoms with Crippen LogP contribution in [0.3, 0.4) is 0 Å². The predicted molar refractivity (Wildman–Crippen MR) is 87.1 cm³/mol. The van der Waals surface area contributed by atoms with E-state index >= 15 is 0 Å². The lowest BCUT2D eigenvalue weighted by atomic mass is 10.2. The molecular formula is C16H16N4O2S. The largest absolute Gasteiger partial charge is 0.359 e. The first-order valence-corrected chi connectivity index (χ1v) is 8.09. The van der Waals surface area contributed by atoms with Crippen molar-refractivity contribution in [3.63, 3.8) is 0 Å². The maximum absolute atomic E-state index is 12.2. The van der Waals surface area contributed by atoms with Gasteiger partial charge in [-0.1, -0.05) is 12.1 Å². The number of pyridine rings is 1. The summed E-state index contributed by atoms with van der Waals surface area (Å²) in [5.74, 6) is 0.453. The van der Waals surface area contributed by atoms with Gasteiger partial charge in [0.1, 0.15) is 10.6 Å². The van der Waals surface area contributed by atoms with Crippen LogP contribution in [-0.4, -0.2) is 21.0 Å². The standard InChI is InChI=1S/C16H16N4O2S/c1-3-14-19-10(2)15(23-14)16(21)18-9-12-7-13(20-22-12)11-5-4-6-17-8-11/h4-8H,3,9H2,1-2H3,(H,18,21). The van der Waals surface area contributed by atoms with Gasteiger partial charge >= 0.3 is 0 Å². The number of amides is 1. The Morgan fingerprint density at radius 2 is 2.30 bits per heavy atom. The third-order valence-corrected chi connectivity index (χ3v) is 4.59. The van der Waals surface area contributed by atoms with Crippen LogP contribution in [0.4, 0.5) is 0 Å².